The van der Waals surface area contributed by atoms with Crippen LogP contribution < -0.4 is 5.32 Å². The second-order valence-corrected chi connectivity index (χ2v) is 6.23. The van der Waals surface area contributed by atoms with E-state index in [-0.39, 0.29) is 17.7 Å². The number of carboxylic acids is 1. The zero-order valence-corrected chi connectivity index (χ0v) is 12.9. The average molecular weight is 340 g/mol. The molecule has 2 unspecified atom stereocenters. The number of halogens is 1. The molecular formula is C15H18BrNO3. The maximum atomic E-state index is 12.3. The van der Waals surface area contributed by atoms with E-state index >= 15 is 0 Å². The Balaban J connectivity index is 2.04. The van der Waals surface area contributed by atoms with Gasteiger partial charge in [0.1, 0.15) is 0 Å². The van der Waals surface area contributed by atoms with Gasteiger partial charge in [-0.15, -0.1) is 0 Å². The SMILES string of the molecule is Cc1ccc(Br)c(NC(=O)C2CCCC(C(=O)O)C2)c1. The maximum Gasteiger partial charge on any atom is 0.306 e. The quantitative estimate of drug-likeness (QED) is 0.884. The van der Waals surface area contributed by atoms with Crippen LogP contribution in [0.4, 0.5) is 5.69 Å². The van der Waals surface area contributed by atoms with Gasteiger partial charge in [0.05, 0.1) is 11.6 Å². The van der Waals surface area contributed by atoms with Crippen LogP contribution in [0.2, 0.25) is 0 Å². The summed E-state index contributed by atoms with van der Waals surface area (Å²) in [6.45, 7) is 1.96. The molecule has 1 aromatic rings. The number of amides is 1. The summed E-state index contributed by atoms with van der Waals surface area (Å²) >= 11 is 3.41. The fourth-order valence-electron chi connectivity index (χ4n) is 2.62. The van der Waals surface area contributed by atoms with Crippen molar-refractivity contribution in [2.75, 3.05) is 5.32 Å². The van der Waals surface area contributed by atoms with Crippen molar-refractivity contribution in [2.24, 2.45) is 11.8 Å². The number of rotatable bonds is 3. The average Bonchev–Trinajstić information content (AvgIpc) is 2.43. The molecular weight excluding hydrogens is 322 g/mol. The molecule has 2 rings (SSSR count). The molecule has 1 saturated carbocycles. The molecule has 4 nitrogen and oxygen atoms in total. The van der Waals surface area contributed by atoms with Crippen molar-refractivity contribution in [1.29, 1.82) is 0 Å². The van der Waals surface area contributed by atoms with Crippen LogP contribution in [0.25, 0.3) is 0 Å². The molecule has 1 aromatic carbocycles. The number of carboxylic acid groups (broad SMARTS) is 1. The van der Waals surface area contributed by atoms with Crippen LogP contribution in [-0.2, 0) is 9.59 Å². The van der Waals surface area contributed by atoms with Gasteiger partial charge in [-0.2, -0.15) is 0 Å². The lowest BCUT2D eigenvalue weighted by atomic mass is 9.81. The van der Waals surface area contributed by atoms with Crippen molar-refractivity contribution in [2.45, 2.75) is 32.6 Å². The van der Waals surface area contributed by atoms with E-state index in [1.807, 2.05) is 25.1 Å². The number of carbonyl (C=O) groups is 2. The largest absolute Gasteiger partial charge is 0.481 e. The summed E-state index contributed by atoms with van der Waals surface area (Å²) in [6, 6.07) is 5.76. The van der Waals surface area contributed by atoms with Gasteiger partial charge in [0.25, 0.3) is 0 Å². The van der Waals surface area contributed by atoms with Crippen LogP contribution in [0.5, 0.6) is 0 Å². The van der Waals surface area contributed by atoms with Crippen LogP contribution in [0, 0.1) is 18.8 Å². The number of hydrogen-bond donors (Lipinski definition) is 2. The number of aliphatic carboxylic acids is 1. The van der Waals surface area contributed by atoms with E-state index < -0.39 is 5.97 Å². The summed E-state index contributed by atoms with van der Waals surface area (Å²) in [5.74, 6) is -1.47. The predicted octanol–water partition coefficient (Wildman–Crippen LogP) is 3.59. The first-order valence-corrected chi connectivity index (χ1v) is 7.56. The van der Waals surface area contributed by atoms with Gasteiger partial charge < -0.3 is 10.4 Å². The number of hydrogen-bond acceptors (Lipinski definition) is 2. The molecule has 5 heteroatoms. The monoisotopic (exact) mass is 339 g/mol. The molecule has 1 aliphatic carbocycles. The molecule has 2 atom stereocenters. The van der Waals surface area contributed by atoms with Gasteiger partial charge in [0.15, 0.2) is 0 Å². The van der Waals surface area contributed by atoms with Gasteiger partial charge in [-0.3, -0.25) is 9.59 Å². The van der Waals surface area contributed by atoms with E-state index in [1.165, 1.54) is 0 Å². The van der Waals surface area contributed by atoms with Crippen molar-refractivity contribution in [3.05, 3.63) is 28.2 Å². The Hall–Kier alpha value is -1.36. The second-order valence-electron chi connectivity index (χ2n) is 5.37. The van der Waals surface area contributed by atoms with E-state index in [1.54, 1.807) is 0 Å². The highest BCUT2D eigenvalue weighted by atomic mass is 79.9. The molecule has 0 radical (unpaired) electrons. The fourth-order valence-corrected chi connectivity index (χ4v) is 2.97. The van der Waals surface area contributed by atoms with Crippen LogP contribution >= 0.6 is 15.9 Å². The van der Waals surface area contributed by atoms with Crippen molar-refractivity contribution >= 4 is 33.5 Å². The molecule has 20 heavy (non-hydrogen) atoms. The molecule has 0 aromatic heterocycles. The number of carbonyl (C=O) groups excluding carboxylic acids is 1. The van der Waals surface area contributed by atoms with Crippen LogP contribution in [0.1, 0.15) is 31.2 Å². The van der Waals surface area contributed by atoms with Crippen molar-refractivity contribution in [1.82, 2.24) is 0 Å². The van der Waals surface area contributed by atoms with Crippen molar-refractivity contribution in [3.63, 3.8) is 0 Å². The normalized spacial score (nSPS) is 22.3. The summed E-state index contributed by atoms with van der Waals surface area (Å²) in [5, 5.41) is 12.0. The number of benzene rings is 1. The smallest absolute Gasteiger partial charge is 0.306 e. The Morgan fingerprint density at radius 2 is 2.00 bits per heavy atom. The van der Waals surface area contributed by atoms with Gasteiger partial charge >= 0.3 is 5.97 Å². The van der Waals surface area contributed by atoms with Crippen LogP contribution in [0.3, 0.4) is 0 Å². The lowest BCUT2D eigenvalue weighted by Crippen LogP contribution is -2.31. The lowest BCUT2D eigenvalue weighted by Gasteiger charge is -2.25. The Morgan fingerprint density at radius 3 is 2.70 bits per heavy atom. The Bertz CT molecular complexity index is 530. The topological polar surface area (TPSA) is 66.4 Å². The lowest BCUT2D eigenvalue weighted by molar-refractivity contribution is -0.143. The molecule has 0 heterocycles. The van der Waals surface area contributed by atoms with E-state index in [2.05, 4.69) is 21.2 Å². The molecule has 0 bridgehead atoms. The minimum Gasteiger partial charge on any atom is -0.481 e. The fraction of sp³-hybridized carbons (Fsp3) is 0.467. The van der Waals surface area contributed by atoms with Gasteiger partial charge in [0.2, 0.25) is 5.91 Å². The summed E-state index contributed by atoms with van der Waals surface area (Å²) in [4.78, 5) is 23.3. The number of aryl methyl sites for hydroxylation is 1. The molecule has 0 aliphatic heterocycles. The predicted molar refractivity (Wildman–Crippen MR) is 80.6 cm³/mol. The first kappa shape index (κ1) is 15.0. The van der Waals surface area contributed by atoms with Crippen LogP contribution in [-0.4, -0.2) is 17.0 Å². The molecule has 1 amide bonds. The first-order valence-electron chi connectivity index (χ1n) is 6.77. The third-order valence-electron chi connectivity index (χ3n) is 3.77. The summed E-state index contributed by atoms with van der Waals surface area (Å²) in [6.07, 6.45) is 2.67. The molecule has 0 spiro atoms. The Labute approximate surface area is 126 Å². The van der Waals surface area contributed by atoms with Crippen molar-refractivity contribution in [3.8, 4) is 0 Å². The molecule has 2 N–H and O–H groups in total. The summed E-state index contributed by atoms with van der Waals surface area (Å²) in [7, 11) is 0. The van der Waals surface area contributed by atoms with E-state index in [0.717, 1.165) is 28.6 Å². The second kappa shape index (κ2) is 6.39. The van der Waals surface area contributed by atoms with Gasteiger partial charge in [0, 0.05) is 10.4 Å². The molecule has 0 saturated heterocycles. The summed E-state index contributed by atoms with van der Waals surface area (Å²) < 4.78 is 0.835. The third kappa shape index (κ3) is 3.60. The minimum atomic E-state index is -0.792. The Kier molecular flexibility index (Phi) is 4.81. The molecule has 1 aliphatic rings. The third-order valence-corrected chi connectivity index (χ3v) is 4.47. The molecule has 1 fully saturated rings. The number of nitrogens with one attached hydrogen (secondary N) is 1. The number of anilines is 1. The highest BCUT2D eigenvalue weighted by Gasteiger charge is 2.31. The van der Waals surface area contributed by atoms with E-state index in [9.17, 15) is 9.59 Å². The zero-order valence-electron chi connectivity index (χ0n) is 11.4. The van der Waals surface area contributed by atoms with Gasteiger partial charge in [-0.25, -0.2) is 0 Å². The molecule has 108 valence electrons. The van der Waals surface area contributed by atoms with Gasteiger partial charge in [-0.05, 0) is 59.8 Å². The standard InChI is InChI=1S/C15H18BrNO3/c1-9-5-6-12(16)13(7-9)17-14(18)10-3-2-4-11(8-10)15(19)20/h5-7,10-11H,2-4,8H2,1H3,(H,17,18)(H,19,20). The Morgan fingerprint density at radius 1 is 1.30 bits per heavy atom. The van der Waals surface area contributed by atoms with Gasteiger partial charge in [-0.1, -0.05) is 12.5 Å². The van der Waals surface area contributed by atoms with E-state index in [0.29, 0.717) is 12.8 Å². The summed E-state index contributed by atoms with van der Waals surface area (Å²) in [5.41, 5.74) is 1.81. The van der Waals surface area contributed by atoms with Crippen molar-refractivity contribution < 1.29 is 14.7 Å². The maximum absolute atomic E-state index is 12.3. The highest BCUT2D eigenvalue weighted by Crippen LogP contribution is 2.31. The first-order chi connectivity index (χ1) is 9.47. The zero-order chi connectivity index (χ0) is 14.7. The van der Waals surface area contributed by atoms with Crippen LogP contribution in [0.15, 0.2) is 22.7 Å². The highest BCUT2D eigenvalue weighted by molar-refractivity contribution is 9.10. The van der Waals surface area contributed by atoms with E-state index in [4.69, 9.17) is 5.11 Å². The minimum absolute atomic E-state index is 0.0812.